The lowest BCUT2D eigenvalue weighted by Crippen LogP contribution is -2.22. The second-order valence-electron chi connectivity index (χ2n) is 4.24. The van der Waals surface area contributed by atoms with Crippen molar-refractivity contribution in [3.8, 4) is 0 Å². The number of benzene rings is 1. The third kappa shape index (κ3) is 5.50. The number of carbonyl (C=O) groups excluding carboxylic acids is 1. The number of amides is 1. The van der Waals surface area contributed by atoms with E-state index in [0.29, 0.717) is 19.5 Å². The van der Waals surface area contributed by atoms with E-state index in [4.69, 9.17) is 5.73 Å². The molecule has 0 fully saturated rings. The van der Waals surface area contributed by atoms with E-state index >= 15 is 0 Å². The van der Waals surface area contributed by atoms with Crippen LogP contribution in [0.1, 0.15) is 37.3 Å². The van der Waals surface area contributed by atoms with Gasteiger partial charge in [-0.15, -0.1) is 0 Å². The Hall–Kier alpha value is -1.35. The summed E-state index contributed by atoms with van der Waals surface area (Å²) < 4.78 is 0. The monoisotopic (exact) mass is 234 g/mol. The molecule has 1 aromatic rings. The van der Waals surface area contributed by atoms with Crippen LogP contribution < -0.4 is 11.1 Å². The number of rotatable bonds is 7. The lowest BCUT2D eigenvalue weighted by Gasteiger charge is -2.06. The molecule has 1 aromatic carbocycles. The summed E-state index contributed by atoms with van der Waals surface area (Å²) in [7, 11) is 0. The van der Waals surface area contributed by atoms with Crippen LogP contribution in [0.4, 0.5) is 0 Å². The quantitative estimate of drug-likeness (QED) is 0.758. The minimum atomic E-state index is 0.137. The van der Waals surface area contributed by atoms with Gasteiger partial charge >= 0.3 is 0 Å². The first-order valence-corrected chi connectivity index (χ1v) is 6.31. The molecule has 94 valence electrons. The first-order valence-electron chi connectivity index (χ1n) is 6.31. The fraction of sp³-hybridized carbons (Fsp3) is 0.500. The average molecular weight is 234 g/mol. The van der Waals surface area contributed by atoms with Gasteiger partial charge in [0, 0.05) is 13.0 Å². The van der Waals surface area contributed by atoms with E-state index < -0.39 is 0 Å². The molecule has 3 heteroatoms. The van der Waals surface area contributed by atoms with Gasteiger partial charge in [0.15, 0.2) is 0 Å². The molecule has 0 spiro atoms. The van der Waals surface area contributed by atoms with Crippen molar-refractivity contribution >= 4 is 5.91 Å². The first-order chi connectivity index (χ1) is 8.26. The number of hydrogen-bond acceptors (Lipinski definition) is 2. The smallest absolute Gasteiger partial charge is 0.220 e. The fourth-order valence-electron chi connectivity index (χ4n) is 1.62. The standard InChI is InChI=1S/C14H22N2O/c1-2-3-4-14(17)16-11-13-7-5-12(6-8-13)9-10-15/h5-8H,2-4,9-11,15H2,1H3,(H,16,17). The van der Waals surface area contributed by atoms with Crippen molar-refractivity contribution in [1.82, 2.24) is 5.32 Å². The van der Waals surface area contributed by atoms with Crippen molar-refractivity contribution in [3.63, 3.8) is 0 Å². The van der Waals surface area contributed by atoms with Crippen LogP contribution in [0.25, 0.3) is 0 Å². The Balaban J connectivity index is 2.34. The molecule has 0 bridgehead atoms. The van der Waals surface area contributed by atoms with Gasteiger partial charge in [0.1, 0.15) is 0 Å². The summed E-state index contributed by atoms with van der Waals surface area (Å²) in [6.07, 6.45) is 3.55. The van der Waals surface area contributed by atoms with Crippen molar-refractivity contribution in [3.05, 3.63) is 35.4 Å². The molecule has 0 aromatic heterocycles. The molecule has 3 N–H and O–H groups in total. The Morgan fingerprint density at radius 2 is 1.88 bits per heavy atom. The largest absolute Gasteiger partial charge is 0.352 e. The fourth-order valence-corrected chi connectivity index (χ4v) is 1.62. The van der Waals surface area contributed by atoms with Crippen molar-refractivity contribution in [1.29, 1.82) is 0 Å². The molecule has 0 aliphatic rings. The summed E-state index contributed by atoms with van der Waals surface area (Å²) in [4.78, 5) is 11.4. The number of hydrogen-bond donors (Lipinski definition) is 2. The van der Waals surface area contributed by atoms with Gasteiger partial charge in [-0.05, 0) is 30.5 Å². The Kier molecular flexibility index (Phi) is 6.33. The molecule has 0 unspecified atom stereocenters. The van der Waals surface area contributed by atoms with Gasteiger partial charge in [0.2, 0.25) is 5.91 Å². The number of nitrogens with one attached hydrogen (secondary N) is 1. The maximum atomic E-state index is 11.4. The number of unbranched alkanes of at least 4 members (excludes halogenated alkanes) is 1. The van der Waals surface area contributed by atoms with Crippen LogP contribution in [-0.4, -0.2) is 12.5 Å². The molecule has 0 atom stereocenters. The van der Waals surface area contributed by atoms with Crippen LogP contribution >= 0.6 is 0 Å². The highest BCUT2D eigenvalue weighted by molar-refractivity contribution is 5.75. The van der Waals surface area contributed by atoms with Gasteiger partial charge in [0.25, 0.3) is 0 Å². The molecular formula is C14H22N2O. The topological polar surface area (TPSA) is 55.1 Å². The van der Waals surface area contributed by atoms with Crippen molar-refractivity contribution < 1.29 is 4.79 Å². The minimum absolute atomic E-state index is 0.137. The second-order valence-corrected chi connectivity index (χ2v) is 4.24. The Bertz CT molecular complexity index is 333. The molecule has 0 saturated carbocycles. The molecule has 0 saturated heterocycles. The third-order valence-corrected chi connectivity index (χ3v) is 2.70. The van der Waals surface area contributed by atoms with Gasteiger partial charge in [-0.1, -0.05) is 37.6 Å². The zero-order valence-electron chi connectivity index (χ0n) is 10.5. The lowest BCUT2D eigenvalue weighted by atomic mass is 10.1. The molecule has 0 radical (unpaired) electrons. The number of carbonyl (C=O) groups is 1. The molecular weight excluding hydrogens is 212 g/mol. The Morgan fingerprint density at radius 1 is 1.24 bits per heavy atom. The van der Waals surface area contributed by atoms with E-state index in [1.165, 1.54) is 5.56 Å². The highest BCUT2D eigenvalue weighted by atomic mass is 16.1. The van der Waals surface area contributed by atoms with Gasteiger partial charge < -0.3 is 11.1 Å². The highest BCUT2D eigenvalue weighted by Crippen LogP contribution is 2.05. The van der Waals surface area contributed by atoms with E-state index in [1.54, 1.807) is 0 Å². The zero-order chi connectivity index (χ0) is 12.5. The maximum absolute atomic E-state index is 11.4. The first kappa shape index (κ1) is 13.7. The summed E-state index contributed by atoms with van der Waals surface area (Å²) in [5.41, 5.74) is 7.87. The van der Waals surface area contributed by atoms with Crippen molar-refractivity contribution in [2.24, 2.45) is 5.73 Å². The molecule has 1 rings (SSSR count). The minimum Gasteiger partial charge on any atom is -0.352 e. The molecule has 3 nitrogen and oxygen atoms in total. The molecule has 0 heterocycles. The van der Waals surface area contributed by atoms with Gasteiger partial charge in [-0.2, -0.15) is 0 Å². The highest BCUT2D eigenvalue weighted by Gasteiger charge is 2.00. The summed E-state index contributed by atoms with van der Waals surface area (Å²) in [5, 5.41) is 2.92. The molecule has 1 amide bonds. The van der Waals surface area contributed by atoms with Crippen LogP contribution in [0.5, 0.6) is 0 Å². The van der Waals surface area contributed by atoms with Crippen molar-refractivity contribution in [2.45, 2.75) is 39.2 Å². The van der Waals surface area contributed by atoms with E-state index in [-0.39, 0.29) is 5.91 Å². The van der Waals surface area contributed by atoms with Gasteiger partial charge in [-0.3, -0.25) is 4.79 Å². The predicted molar refractivity (Wildman–Crippen MR) is 70.6 cm³/mol. The zero-order valence-corrected chi connectivity index (χ0v) is 10.5. The Labute approximate surface area is 103 Å². The van der Waals surface area contributed by atoms with E-state index in [1.807, 2.05) is 12.1 Å². The van der Waals surface area contributed by atoms with E-state index in [0.717, 1.165) is 24.8 Å². The van der Waals surface area contributed by atoms with Crippen LogP contribution in [0.3, 0.4) is 0 Å². The Morgan fingerprint density at radius 3 is 2.47 bits per heavy atom. The van der Waals surface area contributed by atoms with E-state index in [9.17, 15) is 4.79 Å². The summed E-state index contributed by atoms with van der Waals surface area (Å²) in [6.45, 7) is 3.38. The maximum Gasteiger partial charge on any atom is 0.220 e. The van der Waals surface area contributed by atoms with Crippen LogP contribution in [0, 0.1) is 0 Å². The van der Waals surface area contributed by atoms with Crippen LogP contribution in [-0.2, 0) is 17.8 Å². The average Bonchev–Trinajstić information content (AvgIpc) is 2.36. The summed E-state index contributed by atoms with van der Waals surface area (Å²) in [6, 6.07) is 8.23. The molecule has 0 aliphatic heterocycles. The number of nitrogens with two attached hydrogens (primary N) is 1. The molecule has 17 heavy (non-hydrogen) atoms. The van der Waals surface area contributed by atoms with Gasteiger partial charge in [-0.25, -0.2) is 0 Å². The van der Waals surface area contributed by atoms with Crippen LogP contribution in [0.2, 0.25) is 0 Å². The van der Waals surface area contributed by atoms with E-state index in [2.05, 4.69) is 24.4 Å². The predicted octanol–water partition coefficient (Wildman–Crippen LogP) is 1.99. The SMILES string of the molecule is CCCCC(=O)NCc1ccc(CCN)cc1. The van der Waals surface area contributed by atoms with Crippen LogP contribution in [0.15, 0.2) is 24.3 Å². The third-order valence-electron chi connectivity index (χ3n) is 2.70. The normalized spacial score (nSPS) is 10.2. The summed E-state index contributed by atoms with van der Waals surface area (Å²) >= 11 is 0. The van der Waals surface area contributed by atoms with Crippen molar-refractivity contribution in [2.75, 3.05) is 6.54 Å². The molecule has 0 aliphatic carbocycles. The lowest BCUT2D eigenvalue weighted by molar-refractivity contribution is -0.121. The second kappa shape index (κ2) is 7.85. The van der Waals surface area contributed by atoms with Gasteiger partial charge in [0.05, 0.1) is 0 Å². The summed E-state index contributed by atoms with van der Waals surface area (Å²) in [5.74, 6) is 0.137.